The van der Waals surface area contributed by atoms with Gasteiger partial charge in [0.1, 0.15) is 0 Å². The fraction of sp³-hybridized carbons (Fsp3) is 0.133. The molecule has 0 saturated carbocycles. The molecule has 1 heterocycles. The molecule has 38 heavy (non-hydrogen) atoms. The molecule has 0 aliphatic heterocycles. The van der Waals surface area contributed by atoms with Crippen molar-refractivity contribution in [1.82, 2.24) is 9.29 Å². The average Bonchev–Trinajstić information content (AvgIpc) is 3.24. The molecule has 0 radical (unpaired) electrons. The van der Waals surface area contributed by atoms with Crippen molar-refractivity contribution < 1.29 is 8.42 Å². The zero-order chi connectivity index (χ0) is 26.7. The van der Waals surface area contributed by atoms with Crippen molar-refractivity contribution in [3.8, 4) is 0 Å². The monoisotopic (exact) mass is 582 g/mol. The van der Waals surface area contributed by atoms with Crippen molar-refractivity contribution in [3.05, 3.63) is 141 Å². The van der Waals surface area contributed by atoms with E-state index in [1.54, 1.807) is 18.2 Å². The summed E-state index contributed by atoms with van der Waals surface area (Å²) >= 11 is 18.5. The van der Waals surface area contributed by atoms with Crippen LogP contribution in [0.1, 0.15) is 28.4 Å². The van der Waals surface area contributed by atoms with Gasteiger partial charge in [0, 0.05) is 23.7 Å². The Morgan fingerprint density at radius 2 is 1.39 bits per heavy atom. The molecule has 5 aromatic rings. The number of aromatic nitrogens is 1. The second-order valence-electron chi connectivity index (χ2n) is 9.08. The van der Waals surface area contributed by atoms with Gasteiger partial charge in [-0.15, -0.1) is 0 Å². The van der Waals surface area contributed by atoms with E-state index in [0.717, 1.165) is 27.7 Å². The molecule has 0 amide bonds. The Kier molecular flexibility index (Phi) is 8.12. The van der Waals surface area contributed by atoms with Crippen molar-refractivity contribution >= 4 is 55.7 Å². The Bertz CT molecular complexity index is 1630. The molecule has 194 valence electrons. The number of hydrogen-bond donors (Lipinski definition) is 1. The summed E-state index contributed by atoms with van der Waals surface area (Å²) in [5, 5.41) is 2.40. The van der Waals surface area contributed by atoms with E-state index in [0.29, 0.717) is 27.1 Å². The first-order valence-electron chi connectivity index (χ1n) is 12.1. The number of halogens is 3. The van der Waals surface area contributed by atoms with Crippen LogP contribution in [0.25, 0.3) is 10.9 Å². The number of fused-ring (bicyclic) bond motifs is 1. The van der Waals surface area contributed by atoms with Crippen LogP contribution < -0.4 is 4.72 Å². The third-order valence-corrected chi connectivity index (χ3v) is 8.75. The molecule has 5 rings (SSSR count). The maximum atomic E-state index is 12.9. The van der Waals surface area contributed by atoms with Gasteiger partial charge >= 0.3 is 0 Å². The molecule has 0 fully saturated rings. The summed E-state index contributed by atoms with van der Waals surface area (Å²) in [6, 6.07) is 33.2. The SMILES string of the molecule is O=S(=O)(Cc1ccc(Cl)c(Cl)c1)NCCc1cc2ccc(Cl)cc2n1C(c1ccccc1)c1ccccc1. The van der Waals surface area contributed by atoms with Crippen LogP contribution in [-0.4, -0.2) is 19.5 Å². The van der Waals surface area contributed by atoms with E-state index in [9.17, 15) is 8.42 Å². The van der Waals surface area contributed by atoms with Crippen molar-refractivity contribution in [2.45, 2.75) is 18.2 Å². The minimum Gasteiger partial charge on any atom is -0.333 e. The van der Waals surface area contributed by atoms with Gasteiger partial charge < -0.3 is 4.57 Å². The van der Waals surface area contributed by atoms with Gasteiger partial charge in [-0.25, -0.2) is 13.1 Å². The van der Waals surface area contributed by atoms with E-state index < -0.39 is 10.0 Å². The Morgan fingerprint density at radius 3 is 2.03 bits per heavy atom. The lowest BCUT2D eigenvalue weighted by molar-refractivity contribution is 0.578. The highest BCUT2D eigenvalue weighted by Gasteiger charge is 2.22. The van der Waals surface area contributed by atoms with Crippen LogP contribution >= 0.6 is 34.8 Å². The van der Waals surface area contributed by atoms with E-state index in [1.165, 1.54) is 0 Å². The van der Waals surface area contributed by atoms with E-state index in [4.69, 9.17) is 34.8 Å². The molecule has 0 atom stereocenters. The van der Waals surface area contributed by atoms with Crippen LogP contribution in [0.3, 0.4) is 0 Å². The summed E-state index contributed by atoms with van der Waals surface area (Å²) in [5.41, 5.74) is 4.81. The molecule has 4 aromatic carbocycles. The average molecular weight is 584 g/mol. The molecule has 8 heteroatoms. The Balaban J connectivity index is 1.48. The highest BCUT2D eigenvalue weighted by molar-refractivity contribution is 7.88. The topological polar surface area (TPSA) is 51.1 Å². The normalized spacial score (nSPS) is 11.9. The van der Waals surface area contributed by atoms with Gasteiger partial charge in [0.2, 0.25) is 10.0 Å². The number of nitrogens with one attached hydrogen (secondary N) is 1. The van der Waals surface area contributed by atoms with Crippen LogP contribution in [0.15, 0.2) is 103 Å². The Labute approximate surface area is 237 Å². The maximum Gasteiger partial charge on any atom is 0.215 e. The predicted octanol–water partition coefficient (Wildman–Crippen LogP) is 7.90. The summed E-state index contributed by atoms with van der Waals surface area (Å²) in [6.07, 6.45) is 0.489. The molecule has 4 nitrogen and oxygen atoms in total. The number of hydrogen-bond acceptors (Lipinski definition) is 2. The van der Waals surface area contributed by atoms with Gasteiger partial charge in [0.05, 0.1) is 27.4 Å². The fourth-order valence-corrected chi connectivity index (χ4v) is 6.37. The third kappa shape index (κ3) is 6.09. The van der Waals surface area contributed by atoms with Crippen molar-refractivity contribution in [1.29, 1.82) is 0 Å². The van der Waals surface area contributed by atoms with Crippen molar-refractivity contribution in [2.24, 2.45) is 0 Å². The summed E-state index contributed by atoms with van der Waals surface area (Å²) in [7, 11) is -3.59. The summed E-state index contributed by atoms with van der Waals surface area (Å²) in [5.74, 6) is -0.181. The maximum absolute atomic E-state index is 12.9. The number of sulfonamides is 1. The van der Waals surface area contributed by atoms with E-state index in [-0.39, 0.29) is 18.3 Å². The van der Waals surface area contributed by atoms with Gasteiger partial charge in [-0.3, -0.25) is 0 Å². The second-order valence-corrected chi connectivity index (χ2v) is 12.1. The van der Waals surface area contributed by atoms with Gasteiger partial charge in [0.15, 0.2) is 0 Å². The predicted molar refractivity (Wildman–Crippen MR) is 158 cm³/mol. The Morgan fingerprint density at radius 1 is 0.737 bits per heavy atom. The lowest BCUT2D eigenvalue weighted by Gasteiger charge is -2.24. The molecular formula is C30H25Cl3N2O2S. The molecule has 0 spiro atoms. The van der Waals surface area contributed by atoms with E-state index >= 15 is 0 Å². The third-order valence-electron chi connectivity index (χ3n) is 6.42. The summed E-state index contributed by atoms with van der Waals surface area (Å²) in [4.78, 5) is 0. The van der Waals surface area contributed by atoms with Crippen LogP contribution in [0.2, 0.25) is 15.1 Å². The molecule has 0 aliphatic rings. The van der Waals surface area contributed by atoms with Crippen LogP contribution in [0.4, 0.5) is 0 Å². The van der Waals surface area contributed by atoms with Gasteiger partial charge in [-0.2, -0.15) is 0 Å². The second kappa shape index (κ2) is 11.5. The number of benzene rings is 4. The quantitative estimate of drug-likeness (QED) is 0.192. The minimum absolute atomic E-state index is 0.115. The molecule has 0 unspecified atom stereocenters. The van der Waals surface area contributed by atoms with Crippen LogP contribution in [-0.2, 0) is 22.2 Å². The molecular weight excluding hydrogens is 559 g/mol. The van der Waals surface area contributed by atoms with E-state index in [1.807, 2.05) is 54.6 Å². The van der Waals surface area contributed by atoms with Crippen LogP contribution in [0.5, 0.6) is 0 Å². The minimum atomic E-state index is -3.59. The first kappa shape index (κ1) is 26.8. The lowest BCUT2D eigenvalue weighted by Crippen LogP contribution is -2.28. The highest BCUT2D eigenvalue weighted by atomic mass is 35.5. The van der Waals surface area contributed by atoms with Crippen molar-refractivity contribution in [2.75, 3.05) is 6.54 Å². The van der Waals surface area contributed by atoms with Crippen LogP contribution in [0, 0.1) is 0 Å². The van der Waals surface area contributed by atoms with Gasteiger partial charge in [-0.1, -0.05) is 108 Å². The smallest absolute Gasteiger partial charge is 0.215 e. The first-order chi connectivity index (χ1) is 18.3. The molecule has 0 saturated heterocycles. The largest absolute Gasteiger partial charge is 0.333 e. The Hall–Kier alpha value is -2.80. The molecule has 0 aliphatic carbocycles. The fourth-order valence-electron chi connectivity index (χ4n) is 4.74. The summed E-state index contributed by atoms with van der Waals surface area (Å²) < 4.78 is 30.7. The number of rotatable bonds is 9. The molecule has 0 bridgehead atoms. The first-order valence-corrected chi connectivity index (χ1v) is 14.9. The van der Waals surface area contributed by atoms with Gasteiger partial charge in [-0.05, 0) is 52.4 Å². The zero-order valence-electron chi connectivity index (χ0n) is 20.3. The lowest BCUT2D eigenvalue weighted by atomic mass is 9.98. The van der Waals surface area contributed by atoms with E-state index in [2.05, 4.69) is 39.6 Å². The molecule has 1 N–H and O–H groups in total. The van der Waals surface area contributed by atoms with Gasteiger partial charge in [0.25, 0.3) is 0 Å². The summed E-state index contributed by atoms with van der Waals surface area (Å²) in [6.45, 7) is 0.240. The highest BCUT2D eigenvalue weighted by Crippen LogP contribution is 2.34. The number of nitrogens with zero attached hydrogens (tertiary/aromatic N) is 1. The zero-order valence-corrected chi connectivity index (χ0v) is 23.4. The van der Waals surface area contributed by atoms with Crippen molar-refractivity contribution in [3.63, 3.8) is 0 Å². The molecule has 1 aromatic heterocycles. The standard InChI is InChI=1S/C30H25Cl3N2O2S/c31-25-13-12-24-18-26(15-16-34-38(36,37)20-21-11-14-27(32)28(33)17-21)35(29(24)19-25)30(22-7-3-1-4-8-22)23-9-5-2-6-10-23/h1-14,17-19,30,34H,15-16,20H2.